The Kier molecular flexibility index (Phi) is 15.1. The first-order valence-electron chi connectivity index (χ1n) is 21.2. The van der Waals surface area contributed by atoms with E-state index in [0.29, 0.717) is 55.2 Å². The third kappa shape index (κ3) is 12.0. The average molecular weight is 961 g/mol. The molecule has 2 unspecified atom stereocenters. The number of benzene rings is 4. The van der Waals surface area contributed by atoms with Crippen molar-refractivity contribution in [1.82, 2.24) is 14.9 Å². The van der Waals surface area contributed by atoms with Crippen LogP contribution in [0.2, 0.25) is 5.02 Å². The van der Waals surface area contributed by atoms with Gasteiger partial charge < -0.3 is 20.7 Å². The number of rotatable bonds is 19. The number of likely N-dealkylation sites (tertiary alicyclic amines) is 1. The van der Waals surface area contributed by atoms with Crippen molar-refractivity contribution in [2.24, 2.45) is 5.41 Å². The zero-order valence-electron chi connectivity index (χ0n) is 35.6. The number of amides is 1. The number of sulfone groups is 1. The summed E-state index contributed by atoms with van der Waals surface area (Å²) in [4.78, 5) is 14.3. The van der Waals surface area contributed by atoms with Gasteiger partial charge in [0.05, 0.1) is 23.3 Å². The molecule has 4 aromatic rings. The normalized spacial score (nSPS) is 19.4. The molecular weight excluding hydrogens is 907 g/mol. The first-order chi connectivity index (χ1) is 30.4. The van der Waals surface area contributed by atoms with Crippen molar-refractivity contribution < 1.29 is 39.5 Å². The lowest BCUT2D eigenvalue weighted by molar-refractivity contribution is -0.0435. The Labute approximate surface area is 382 Å². The van der Waals surface area contributed by atoms with Crippen LogP contribution in [0.1, 0.15) is 61.9 Å². The van der Waals surface area contributed by atoms with Gasteiger partial charge in [0.15, 0.2) is 0 Å². The largest absolute Gasteiger partial charge is 0.501 e. The Morgan fingerprint density at radius 2 is 1.70 bits per heavy atom. The number of nitrogens with zero attached hydrogens (tertiary/aromatic N) is 1. The van der Waals surface area contributed by atoms with Gasteiger partial charge in [-0.1, -0.05) is 61.4 Å². The maximum Gasteiger partial charge on any atom is 0.501 e. The van der Waals surface area contributed by atoms with Gasteiger partial charge in [-0.2, -0.15) is 13.2 Å². The highest BCUT2D eigenvalue weighted by Gasteiger charge is 2.48. The molecule has 2 bridgehead atoms. The smallest absolute Gasteiger partial charge is 0.384 e. The van der Waals surface area contributed by atoms with Crippen molar-refractivity contribution in [1.29, 1.82) is 0 Å². The quantitative estimate of drug-likeness (QED) is 0.0529. The van der Waals surface area contributed by atoms with Crippen molar-refractivity contribution in [3.05, 3.63) is 119 Å². The number of alkyl halides is 3. The fourth-order valence-corrected chi connectivity index (χ4v) is 11.6. The van der Waals surface area contributed by atoms with E-state index < -0.39 is 52.8 Å². The molecule has 3 atom stereocenters. The number of allylic oxidation sites excluding steroid dienone is 1. The number of hydrogen-bond acceptors (Lipinski definition) is 11. The topological polar surface area (TPSA) is 146 Å². The molecule has 0 saturated carbocycles. The molecule has 18 heteroatoms. The van der Waals surface area contributed by atoms with Gasteiger partial charge in [0.25, 0.3) is 25.8 Å². The maximum atomic E-state index is 14.2. The van der Waals surface area contributed by atoms with Crippen molar-refractivity contribution in [2.75, 3.05) is 55.7 Å². The molecule has 7 rings (SSSR count). The van der Waals surface area contributed by atoms with E-state index in [4.69, 9.17) is 16.3 Å². The summed E-state index contributed by atoms with van der Waals surface area (Å²) in [6, 6.07) is 25.5. The predicted molar refractivity (Wildman–Crippen MR) is 247 cm³/mol. The minimum Gasteiger partial charge on any atom is -0.384 e. The summed E-state index contributed by atoms with van der Waals surface area (Å²) in [5.74, 6) is -0.673. The summed E-state index contributed by atoms with van der Waals surface area (Å²) in [6.07, 6.45) is 4.57. The van der Waals surface area contributed by atoms with Crippen LogP contribution in [0, 0.1) is 5.41 Å². The van der Waals surface area contributed by atoms with E-state index in [1.807, 2.05) is 47.2 Å². The van der Waals surface area contributed by atoms with Gasteiger partial charge in [0, 0.05) is 71.7 Å². The molecule has 1 aliphatic carbocycles. The molecule has 3 aliphatic rings. The summed E-state index contributed by atoms with van der Waals surface area (Å²) in [7, 11) is -10.9. The molecule has 344 valence electrons. The molecule has 2 aliphatic heterocycles. The number of morpholine rings is 1. The van der Waals surface area contributed by atoms with Crippen LogP contribution in [0.5, 0.6) is 0 Å². The summed E-state index contributed by atoms with van der Waals surface area (Å²) >= 11 is 7.59. The first-order valence-corrected chi connectivity index (χ1v) is 25.5. The Bertz CT molecular complexity index is 2530. The number of sulfonamides is 1. The highest BCUT2D eigenvalue weighted by atomic mass is 35.5. The van der Waals surface area contributed by atoms with Crippen LogP contribution in [0.4, 0.5) is 24.5 Å². The number of anilines is 2. The van der Waals surface area contributed by atoms with E-state index in [9.17, 15) is 34.8 Å². The van der Waals surface area contributed by atoms with E-state index in [1.165, 1.54) is 40.6 Å². The molecule has 0 radical (unpaired) electrons. The van der Waals surface area contributed by atoms with Gasteiger partial charge in [-0.25, -0.2) is 21.6 Å². The standard InChI is InChI=1S/C46H53ClF3N5O6S3/c1-45(2)20-18-41(31-8-12-34(47)13-9-31)33(26-45)27-51-21-22-52-35-14-10-32(11-15-35)44(56)54-64(59,60)40-16-17-42(43(25-40)63(57,58)46(48,49)50)53-36(30-62-39-6-4-3-5-7-39)19-23-55-28-38-24-37(55)29-61-38/h3-17,25,36-38,51-53H,18-24,26-30H2,1-2H3,(H,54,56)/t36-,37?,38?/m1/s1. The van der Waals surface area contributed by atoms with Crippen LogP contribution < -0.4 is 20.7 Å². The molecule has 11 nitrogen and oxygen atoms in total. The lowest BCUT2D eigenvalue weighted by Crippen LogP contribution is -2.40. The second kappa shape index (κ2) is 20.2. The highest BCUT2D eigenvalue weighted by Crippen LogP contribution is 2.42. The predicted octanol–water partition coefficient (Wildman–Crippen LogP) is 8.85. The van der Waals surface area contributed by atoms with Gasteiger partial charge in [0.1, 0.15) is 4.90 Å². The number of halogens is 4. The summed E-state index contributed by atoms with van der Waals surface area (Å²) < 4.78 is 103. The van der Waals surface area contributed by atoms with Crippen LogP contribution in [-0.4, -0.2) is 96.4 Å². The van der Waals surface area contributed by atoms with Crippen molar-refractivity contribution in [2.45, 2.75) is 84.3 Å². The van der Waals surface area contributed by atoms with Crippen LogP contribution in [0.25, 0.3) is 5.57 Å². The molecule has 2 saturated heterocycles. The highest BCUT2D eigenvalue weighted by molar-refractivity contribution is 7.99. The summed E-state index contributed by atoms with van der Waals surface area (Å²) in [5, 5.41) is 10.5. The monoisotopic (exact) mass is 959 g/mol. The van der Waals surface area contributed by atoms with Gasteiger partial charge in [-0.05, 0) is 115 Å². The maximum absolute atomic E-state index is 14.2. The molecule has 0 aromatic heterocycles. The number of thioether (sulfide) groups is 1. The van der Waals surface area contributed by atoms with Crippen LogP contribution in [0.15, 0.2) is 117 Å². The number of carbonyl (C=O) groups excluding carboxylic acids is 1. The Morgan fingerprint density at radius 1 is 0.969 bits per heavy atom. The lowest BCUT2D eigenvalue weighted by Gasteiger charge is -2.34. The fraction of sp³-hybridized carbons (Fsp3) is 0.413. The average Bonchev–Trinajstić information content (AvgIpc) is 3.89. The third-order valence-corrected chi connectivity index (χ3v) is 16.2. The number of hydrogen-bond donors (Lipinski definition) is 4. The van der Waals surface area contributed by atoms with Crippen LogP contribution >= 0.6 is 23.4 Å². The SMILES string of the molecule is CC1(C)CCC(c2ccc(Cl)cc2)=C(CNCCNc2ccc(C(=O)NS(=O)(=O)c3ccc(N[C@H](CCN4CC5CC4CO5)CSc4ccccc4)c(S(=O)(=O)C(F)(F)F)c3)cc2)C1. The third-order valence-electron chi connectivity index (χ3n) is 11.9. The number of nitrogens with one attached hydrogen (secondary N) is 4. The fourth-order valence-electron chi connectivity index (χ4n) is 8.44. The zero-order valence-corrected chi connectivity index (χ0v) is 38.8. The Morgan fingerprint density at radius 3 is 2.38 bits per heavy atom. The van der Waals surface area contributed by atoms with E-state index in [0.717, 1.165) is 55.8 Å². The second-order valence-electron chi connectivity index (χ2n) is 17.2. The number of fused-ring (bicyclic) bond motifs is 2. The zero-order chi connectivity index (χ0) is 45.7. The Hall–Kier alpha value is -4.10. The molecule has 4 N–H and O–H groups in total. The summed E-state index contributed by atoms with van der Waals surface area (Å²) in [5.41, 5.74) is -1.41. The molecule has 4 aromatic carbocycles. The van der Waals surface area contributed by atoms with E-state index in [1.54, 1.807) is 12.1 Å². The number of carbonyl (C=O) groups is 1. The molecule has 1 amide bonds. The van der Waals surface area contributed by atoms with Gasteiger partial charge in [0.2, 0.25) is 0 Å². The minimum absolute atomic E-state index is 0.0354. The molecule has 2 fully saturated rings. The molecule has 0 spiro atoms. The second-order valence-corrected chi connectivity index (χ2v) is 22.4. The van der Waals surface area contributed by atoms with Crippen LogP contribution in [-0.2, 0) is 24.6 Å². The van der Waals surface area contributed by atoms with Crippen molar-refractivity contribution in [3.8, 4) is 0 Å². The lowest BCUT2D eigenvalue weighted by atomic mass is 9.73. The van der Waals surface area contributed by atoms with E-state index in [-0.39, 0.29) is 23.1 Å². The van der Waals surface area contributed by atoms with E-state index in [2.05, 4.69) is 46.8 Å². The Balaban J connectivity index is 0.989. The van der Waals surface area contributed by atoms with E-state index >= 15 is 0 Å². The molecule has 2 heterocycles. The van der Waals surface area contributed by atoms with Crippen molar-refractivity contribution >= 4 is 66.1 Å². The number of ether oxygens (including phenoxy) is 1. The van der Waals surface area contributed by atoms with Gasteiger partial charge in [-0.15, -0.1) is 11.8 Å². The van der Waals surface area contributed by atoms with Crippen LogP contribution in [0.3, 0.4) is 0 Å². The molecular formula is C46H53ClF3N5O6S3. The summed E-state index contributed by atoms with van der Waals surface area (Å²) in [6.45, 7) is 8.42. The van der Waals surface area contributed by atoms with Gasteiger partial charge in [-0.3, -0.25) is 9.69 Å². The van der Waals surface area contributed by atoms with Crippen molar-refractivity contribution in [3.63, 3.8) is 0 Å². The molecule has 64 heavy (non-hydrogen) atoms. The first kappa shape index (κ1) is 47.9. The van der Waals surface area contributed by atoms with Gasteiger partial charge >= 0.3 is 5.51 Å². The minimum atomic E-state index is -6.05.